The lowest BCUT2D eigenvalue weighted by Crippen LogP contribution is -2.47. The molecule has 6 nitrogen and oxygen atoms in total. The lowest BCUT2D eigenvalue weighted by molar-refractivity contribution is 0.224. The number of anilines is 1. The van der Waals surface area contributed by atoms with Gasteiger partial charge in [0.1, 0.15) is 11.5 Å². The molecule has 2 heterocycles. The standard InChI is InChI=1S/C19H25ClN4O2/c1-2-25-16-4-6-17(7-5-16)26-15-3-10-23-11-13-24(14-12-23)19-9-8-18(20)21-22-19/h4-9H,2-3,10-15H2,1H3. The van der Waals surface area contributed by atoms with Crippen LogP contribution in [0.2, 0.25) is 5.15 Å². The maximum Gasteiger partial charge on any atom is 0.151 e. The van der Waals surface area contributed by atoms with Crippen molar-refractivity contribution in [3.8, 4) is 11.5 Å². The lowest BCUT2D eigenvalue weighted by Gasteiger charge is -2.35. The van der Waals surface area contributed by atoms with Crippen molar-refractivity contribution < 1.29 is 9.47 Å². The molecular weight excluding hydrogens is 352 g/mol. The van der Waals surface area contributed by atoms with Crippen molar-refractivity contribution in [3.05, 3.63) is 41.6 Å². The molecule has 1 aliphatic rings. The number of piperazine rings is 1. The Hall–Kier alpha value is -2.05. The van der Waals surface area contributed by atoms with E-state index in [-0.39, 0.29) is 0 Å². The highest BCUT2D eigenvalue weighted by Crippen LogP contribution is 2.18. The second-order valence-corrected chi connectivity index (χ2v) is 6.54. The molecule has 0 aliphatic carbocycles. The number of halogens is 1. The Morgan fingerprint density at radius 2 is 1.62 bits per heavy atom. The minimum absolute atomic E-state index is 0.430. The first kappa shape index (κ1) is 18.7. The number of ether oxygens (including phenoxy) is 2. The van der Waals surface area contributed by atoms with Crippen LogP contribution in [0.3, 0.4) is 0 Å². The van der Waals surface area contributed by atoms with Crippen LogP contribution in [0.15, 0.2) is 36.4 Å². The first-order chi connectivity index (χ1) is 12.7. The molecule has 1 saturated heterocycles. The van der Waals surface area contributed by atoms with Crippen LogP contribution in [-0.2, 0) is 0 Å². The third-order valence-electron chi connectivity index (χ3n) is 4.34. The number of aromatic nitrogens is 2. The van der Waals surface area contributed by atoms with Gasteiger partial charge < -0.3 is 14.4 Å². The molecule has 0 amide bonds. The summed E-state index contributed by atoms with van der Waals surface area (Å²) in [6.07, 6.45) is 1.01. The smallest absolute Gasteiger partial charge is 0.151 e. The van der Waals surface area contributed by atoms with Gasteiger partial charge in [-0.3, -0.25) is 4.90 Å². The quantitative estimate of drug-likeness (QED) is 0.660. The molecular formula is C19H25ClN4O2. The van der Waals surface area contributed by atoms with E-state index in [0.717, 1.165) is 63.1 Å². The van der Waals surface area contributed by atoms with Crippen molar-refractivity contribution in [3.63, 3.8) is 0 Å². The molecule has 0 N–H and O–H groups in total. The van der Waals surface area contributed by atoms with Crippen LogP contribution in [0.25, 0.3) is 0 Å². The highest BCUT2D eigenvalue weighted by Gasteiger charge is 2.17. The minimum atomic E-state index is 0.430. The van der Waals surface area contributed by atoms with Crippen LogP contribution in [-0.4, -0.2) is 61.0 Å². The van der Waals surface area contributed by atoms with Crippen LogP contribution in [0.4, 0.5) is 5.82 Å². The molecule has 3 rings (SSSR count). The van der Waals surface area contributed by atoms with Gasteiger partial charge in [0.2, 0.25) is 0 Å². The summed E-state index contributed by atoms with van der Waals surface area (Å²) >= 11 is 5.79. The van der Waals surface area contributed by atoms with Crippen LogP contribution in [0.1, 0.15) is 13.3 Å². The Bertz CT molecular complexity index is 658. The van der Waals surface area contributed by atoms with Crippen molar-refractivity contribution >= 4 is 17.4 Å². The first-order valence-electron chi connectivity index (χ1n) is 9.07. The molecule has 140 valence electrons. The molecule has 1 aromatic heterocycles. The Labute approximate surface area is 159 Å². The van der Waals surface area contributed by atoms with Crippen molar-refractivity contribution in [1.82, 2.24) is 15.1 Å². The van der Waals surface area contributed by atoms with E-state index in [1.165, 1.54) is 0 Å². The number of benzene rings is 1. The molecule has 1 fully saturated rings. The second-order valence-electron chi connectivity index (χ2n) is 6.15. The zero-order valence-electron chi connectivity index (χ0n) is 15.1. The van der Waals surface area contributed by atoms with E-state index in [0.29, 0.717) is 11.8 Å². The molecule has 0 atom stereocenters. The Kier molecular flexibility index (Phi) is 6.91. The van der Waals surface area contributed by atoms with Crippen molar-refractivity contribution in [2.45, 2.75) is 13.3 Å². The van der Waals surface area contributed by atoms with Crippen molar-refractivity contribution in [2.75, 3.05) is 50.8 Å². The maximum absolute atomic E-state index is 5.81. The molecule has 1 aliphatic heterocycles. The van der Waals surface area contributed by atoms with Gasteiger partial charge in [-0.1, -0.05) is 11.6 Å². The van der Waals surface area contributed by atoms with Crippen molar-refractivity contribution in [2.24, 2.45) is 0 Å². The number of nitrogens with zero attached hydrogens (tertiary/aromatic N) is 4. The van der Waals surface area contributed by atoms with Gasteiger partial charge >= 0.3 is 0 Å². The van der Waals surface area contributed by atoms with Gasteiger partial charge in [-0.15, -0.1) is 10.2 Å². The zero-order chi connectivity index (χ0) is 18.2. The van der Waals surface area contributed by atoms with Crippen molar-refractivity contribution in [1.29, 1.82) is 0 Å². The van der Waals surface area contributed by atoms with E-state index in [4.69, 9.17) is 21.1 Å². The zero-order valence-corrected chi connectivity index (χ0v) is 15.9. The van der Waals surface area contributed by atoms with Crippen LogP contribution < -0.4 is 14.4 Å². The lowest BCUT2D eigenvalue weighted by atomic mass is 10.3. The maximum atomic E-state index is 5.81. The molecule has 0 spiro atoms. The molecule has 2 aromatic rings. The highest BCUT2D eigenvalue weighted by atomic mass is 35.5. The average Bonchev–Trinajstić information content (AvgIpc) is 2.68. The highest BCUT2D eigenvalue weighted by molar-refractivity contribution is 6.29. The van der Waals surface area contributed by atoms with E-state index >= 15 is 0 Å². The second kappa shape index (κ2) is 9.59. The summed E-state index contributed by atoms with van der Waals surface area (Å²) in [7, 11) is 0. The predicted molar refractivity (Wildman–Crippen MR) is 103 cm³/mol. The average molecular weight is 377 g/mol. The number of hydrogen-bond donors (Lipinski definition) is 0. The largest absolute Gasteiger partial charge is 0.494 e. The molecule has 1 aromatic carbocycles. The molecule has 0 unspecified atom stereocenters. The summed E-state index contributed by atoms with van der Waals surface area (Å²) in [4.78, 5) is 4.71. The van der Waals surface area contributed by atoms with Gasteiger partial charge in [0, 0.05) is 32.7 Å². The van der Waals surface area contributed by atoms with Gasteiger partial charge in [-0.2, -0.15) is 0 Å². The van der Waals surface area contributed by atoms with Gasteiger partial charge in [0.25, 0.3) is 0 Å². The third kappa shape index (κ3) is 5.47. The van der Waals surface area contributed by atoms with Gasteiger partial charge in [-0.05, 0) is 49.7 Å². The Morgan fingerprint density at radius 3 is 2.23 bits per heavy atom. The van der Waals surface area contributed by atoms with E-state index in [1.807, 2.05) is 37.3 Å². The minimum Gasteiger partial charge on any atom is -0.494 e. The van der Waals surface area contributed by atoms with E-state index in [9.17, 15) is 0 Å². The summed E-state index contributed by atoms with van der Waals surface area (Å²) < 4.78 is 11.2. The molecule has 7 heteroatoms. The molecule has 0 radical (unpaired) electrons. The first-order valence-corrected chi connectivity index (χ1v) is 9.44. The van der Waals surface area contributed by atoms with Crippen LogP contribution in [0.5, 0.6) is 11.5 Å². The van der Waals surface area contributed by atoms with Gasteiger partial charge in [0.15, 0.2) is 11.0 Å². The fraction of sp³-hybridized carbons (Fsp3) is 0.474. The molecule has 0 saturated carbocycles. The molecule has 0 bridgehead atoms. The normalized spacial score (nSPS) is 15.1. The fourth-order valence-electron chi connectivity index (χ4n) is 2.96. The summed E-state index contributed by atoms with van der Waals surface area (Å²) in [5.74, 6) is 2.66. The fourth-order valence-corrected chi connectivity index (χ4v) is 3.06. The SMILES string of the molecule is CCOc1ccc(OCCCN2CCN(c3ccc(Cl)nn3)CC2)cc1. The van der Waals surface area contributed by atoms with Crippen LogP contribution >= 0.6 is 11.6 Å². The topological polar surface area (TPSA) is 50.7 Å². The summed E-state index contributed by atoms with van der Waals surface area (Å²) in [5, 5.41) is 8.49. The van der Waals surface area contributed by atoms with E-state index < -0.39 is 0 Å². The number of rotatable bonds is 8. The Morgan fingerprint density at radius 1 is 0.923 bits per heavy atom. The van der Waals surface area contributed by atoms with E-state index in [2.05, 4.69) is 20.0 Å². The van der Waals surface area contributed by atoms with Crippen LogP contribution in [0, 0.1) is 0 Å². The predicted octanol–water partition coefficient (Wildman–Crippen LogP) is 3.12. The summed E-state index contributed by atoms with van der Waals surface area (Å²) in [5.41, 5.74) is 0. The van der Waals surface area contributed by atoms with Gasteiger partial charge in [0.05, 0.1) is 13.2 Å². The molecule has 26 heavy (non-hydrogen) atoms. The Balaban J connectivity index is 1.33. The third-order valence-corrected chi connectivity index (χ3v) is 4.54. The van der Waals surface area contributed by atoms with E-state index in [1.54, 1.807) is 6.07 Å². The van der Waals surface area contributed by atoms with Gasteiger partial charge in [-0.25, -0.2) is 0 Å². The number of hydrogen-bond acceptors (Lipinski definition) is 6. The monoisotopic (exact) mass is 376 g/mol. The summed E-state index contributed by atoms with van der Waals surface area (Å²) in [6.45, 7) is 8.37. The summed E-state index contributed by atoms with van der Waals surface area (Å²) in [6, 6.07) is 11.5.